The Balaban J connectivity index is 2.81. The first-order chi connectivity index (χ1) is 5.45. The SMILES string of the molecule is CC1CCCC(C)(C)C1C(=O)Cl. The first kappa shape index (κ1) is 10.0. The van der Waals surface area contributed by atoms with Crippen molar-refractivity contribution in [1.29, 1.82) is 0 Å². The van der Waals surface area contributed by atoms with Gasteiger partial charge >= 0.3 is 0 Å². The van der Waals surface area contributed by atoms with Crippen molar-refractivity contribution in [1.82, 2.24) is 0 Å². The van der Waals surface area contributed by atoms with Crippen molar-refractivity contribution < 1.29 is 4.79 Å². The van der Waals surface area contributed by atoms with E-state index in [4.69, 9.17) is 11.6 Å². The molecule has 0 aromatic rings. The van der Waals surface area contributed by atoms with E-state index >= 15 is 0 Å². The van der Waals surface area contributed by atoms with Gasteiger partial charge in [-0.2, -0.15) is 0 Å². The fourth-order valence-electron chi connectivity index (χ4n) is 2.50. The highest BCUT2D eigenvalue weighted by molar-refractivity contribution is 6.64. The van der Waals surface area contributed by atoms with Crippen LogP contribution >= 0.6 is 11.6 Å². The Morgan fingerprint density at radius 1 is 1.50 bits per heavy atom. The van der Waals surface area contributed by atoms with Crippen molar-refractivity contribution in [3.05, 3.63) is 0 Å². The molecule has 0 N–H and O–H groups in total. The van der Waals surface area contributed by atoms with E-state index in [1.807, 2.05) is 0 Å². The molecule has 1 fully saturated rings. The Hall–Kier alpha value is -0.0400. The van der Waals surface area contributed by atoms with Gasteiger partial charge in [0.2, 0.25) is 5.24 Å². The number of hydrogen-bond donors (Lipinski definition) is 0. The van der Waals surface area contributed by atoms with Crippen molar-refractivity contribution in [3.8, 4) is 0 Å². The lowest BCUT2D eigenvalue weighted by Gasteiger charge is -2.40. The van der Waals surface area contributed by atoms with Gasteiger partial charge in [0.1, 0.15) is 0 Å². The van der Waals surface area contributed by atoms with E-state index < -0.39 is 0 Å². The number of carbonyl (C=O) groups is 1. The average molecular weight is 189 g/mol. The molecule has 1 aliphatic rings. The van der Waals surface area contributed by atoms with Gasteiger partial charge in [0.15, 0.2) is 0 Å². The number of halogens is 1. The fraction of sp³-hybridized carbons (Fsp3) is 0.900. The minimum absolute atomic E-state index is 0.0629. The van der Waals surface area contributed by atoms with Crippen LogP contribution in [0.2, 0.25) is 0 Å². The quantitative estimate of drug-likeness (QED) is 0.578. The minimum atomic E-state index is -0.146. The highest BCUT2D eigenvalue weighted by atomic mass is 35.5. The molecule has 0 amide bonds. The zero-order chi connectivity index (χ0) is 9.35. The predicted octanol–water partition coefficient (Wildman–Crippen LogP) is 3.21. The molecule has 0 aliphatic heterocycles. The van der Waals surface area contributed by atoms with Crippen molar-refractivity contribution in [3.63, 3.8) is 0 Å². The number of carbonyl (C=O) groups excluding carboxylic acids is 1. The van der Waals surface area contributed by atoms with Crippen molar-refractivity contribution in [2.24, 2.45) is 17.3 Å². The maximum Gasteiger partial charge on any atom is 0.225 e. The Labute approximate surface area is 79.5 Å². The van der Waals surface area contributed by atoms with Crippen LogP contribution in [0.3, 0.4) is 0 Å². The Kier molecular flexibility index (Phi) is 2.82. The van der Waals surface area contributed by atoms with E-state index in [2.05, 4.69) is 20.8 Å². The summed E-state index contributed by atoms with van der Waals surface area (Å²) in [5, 5.41) is -0.146. The van der Waals surface area contributed by atoms with E-state index in [0.717, 1.165) is 12.8 Å². The van der Waals surface area contributed by atoms with Gasteiger partial charge in [-0.3, -0.25) is 4.79 Å². The molecule has 1 nitrogen and oxygen atoms in total. The maximum absolute atomic E-state index is 11.2. The lowest BCUT2D eigenvalue weighted by atomic mass is 9.65. The van der Waals surface area contributed by atoms with E-state index in [9.17, 15) is 4.79 Å². The molecule has 2 atom stereocenters. The lowest BCUT2D eigenvalue weighted by molar-refractivity contribution is -0.122. The zero-order valence-electron chi connectivity index (χ0n) is 8.06. The summed E-state index contributed by atoms with van der Waals surface area (Å²) in [5.41, 5.74) is 0.108. The molecule has 0 saturated heterocycles. The molecule has 1 aliphatic carbocycles. The van der Waals surface area contributed by atoms with Crippen molar-refractivity contribution >= 4 is 16.8 Å². The van der Waals surface area contributed by atoms with Crippen molar-refractivity contribution in [2.75, 3.05) is 0 Å². The first-order valence-corrected chi connectivity index (χ1v) is 5.02. The minimum Gasteiger partial charge on any atom is -0.281 e. The molecule has 0 spiro atoms. The maximum atomic E-state index is 11.2. The third kappa shape index (κ3) is 1.82. The average Bonchev–Trinajstić information content (AvgIpc) is 1.82. The summed E-state index contributed by atoms with van der Waals surface area (Å²) in [6.45, 7) is 6.42. The molecule has 0 bridgehead atoms. The topological polar surface area (TPSA) is 17.1 Å². The van der Waals surface area contributed by atoms with Gasteiger partial charge in [-0.1, -0.05) is 27.2 Å². The van der Waals surface area contributed by atoms with E-state index in [1.165, 1.54) is 6.42 Å². The second-order valence-electron chi connectivity index (χ2n) is 4.64. The molecule has 1 saturated carbocycles. The normalized spacial score (nSPS) is 34.7. The van der Waals surface area contributed by atoms with Crippen LogP contribution in [0, 0.1) is 17.3 Å². The third-order valence-corrected chi connectivity index (χ3v) is 3.37. The fourth-order valence-corrected chi connectivity index (χ4v) is 3.01. The lowest BCUT2D eigenvalue weighted by Crippen LogP contribution is -2.37. The van der Waals surface area contributed by atoms with Crippen LogP contribution in [-0.2, 0) is 4.79 Å². The largest absolute Gasteiger partial charge is 0.281 e. The second-order valence-corrected chi connectivity index (χ2v) is 5.01. The molecule has 2 unspecified atom stereocenters. The van der Waals surface area contributed by atoms with E-state index in [-0.39, 0.29) is 16.6 Å². The molecule has 12 heavy (non-hydrogen) atoms. The Morgan fingerprint density at radius 3 is 2.42 bits per heavy atom. The summed E-state index contributed by atoms with van der Waals surface area (Å²) in [7, 11) is 0. The highest BCUT2D eigenvalue weighted by Gasteiger charge is 2.40. The molecule has 0 aromatic carbocycles. The number of rotatable bonds is 1. The van der Waals surface area contributed by atoms with Gasteiger partial charge in [-0.15, -0.1) is 0 Å². The summed E-state index contributed by atoms with van der Waals surface area (Å²) < 4.78 is 0. The molecular weight excluding hydrogens is 172 g/mol. The smallest absolute Gasteiger partial charge is 0.225 e. The molecular formula is C10H17ClO. The van der Waals surface area contributed by atoms with Crippen LogP contribution in [0.1, 0.15) is 40.0 Å². The molecule has 0 radical (unpaired) electrons. The highest BCUT2D eigenvalue weighted by Crippen LogP contribution is 2.44. The van der Waals surface area contributed by atoms with Crippen LogP contribution in [0.15, 0.2) is 0 Å². The molecule has 0 heterocycles. The molecule has 1 rings (SSSR count). The second kappa shape index (κ2) is 3.37. The monoisotopic (exact) mass is 188 g/mol. The van der Waals surface area contributed by atoms with Gasteiger partial charge in [0, 0.05) is 5.92 Å². The Morgan fingerprint density at radius 2 is 2.08 bits per heavy atom. The zero-order valence-corrected chi connectivity index (χ0v) is 8.82. The van der Waals surface area contributed by atoms with Crippen LogP contribution in [0.4, 0.5) is 0 Å². The van der Waals surface area contributed by atoms with Crippen LogP contribution in [-0.4, -0.2) is 5.24 Å². The van der Waals surface area contributed by atoms with Crippen LogP contribution in [0.5, 0.6) is 0 Å². The first-order valence-electron chi connectivity index (χ1n) is 4.64. The third-order valence-electron chi connectivity index (χ3n) is 3.14. The van der Waals surface area contributed by atoms with Crippen molar-refractivity contribution in [2.45, 2.75) is 40.0 Å². The summed E-state index contributed by atoms with van der Waals surface area (Å²) in [5.74, 6) is 0.520. The van der Waals surface area contributed by atoms with Crippen LogP contribution in [0.25, 0.3) is 0 Å². The van der Waals surface area contributed by atoms with Gasteiger partial charge in [0.05, 0.1) is 0 Å². The predicted molar refractivity (Wildman–Crippen MR) is 51.1 cm³/mol. The van der Waals surface area contributed by atoms with Crippen LogP contribution < -0.4 is 0 Å². The van der Waals surface area contributed by atoms with Gasteiger partial charge in [-0.05, 0) is 35.8 Å². The molecule has 70 valence electrons. The van der Waals surface area contributed by atoms with Gasteiger partial charge < -0.3 is 0 Å². The Bertz CT molecular complexity index is 186. The van der Waals surface area contributed by atoms with Gasteiger partial charge in [0.25, 0.3) is 0 Å². The summed E-state index contributed by atoms with van der Waals surface area (Å²) in [6.07, 6.45) is 3.50. The molecule has 2 heteroatoms. The van der Waals surface area contributed by atoms with Gasteiger partial charge in [-0.25, -0.2) is 0 Å². The number of hydrogen-bond acceptors (Lipinski definition) is 1. The summed E-state index contributed by atoms with van der Waals surface area (Å²) >= 11 is 5.60. The summed E-state index contributed by atoms with van der Waals surface area (Å²) in [6, 6.07) is 0. The van der Waals surface area contributed by atoms with E-state index in [0.29, 0.717) is 5.92 Å². The van der Waals surface area contributed by atoms with E-state index in [1.54, 1.807) is 0 Å². The summed E-state index contributed by atoms with van der Waals surface area (Å²) in [4.78, 5) is 11.2. The molecule has 0 aromatic heterocycles. The standard InChI is InChI=1S/C10H17ClO/c1-7-5-4-6-10(2,3)8(7)9(11)12/h7-8H,4-6H2,1-3H3.